The van der Waals surface area contributed by atoms with E-state index in [1.807, 2.05) is 18.4 Å². The molecule has 0 saturated heterocycles. The molecule has 1 aliphatic rings. The van der Waals surface area contributed by atoms with Gasteiger partial charge in [-0.2, -0.15) is 11.8 Å². The van der Waals surface area contributed by atoms with Crippen molar-refractivity contribution in [1.29, 1.82) is 0 Å². The lowest BCUT2D eigenvalue weighted by atomic mass is 10.0. The van der Waals surface area contributed by atoms with E-state index in [4.69, 9.17) is 11.2 Å². The maximum Gasteiger partial charge on any atom is 0.408 e. The Bertz CT molecular complexity index is 936. The normalized spacial score (nSPS) is 18.4. The molecule has 4 unspecified atom stereocenters. The zero-order chi connectivity index (χ0) is 26.9. The van der Waals surface area contributed by atoms with Crippen molar-refractivity contribution in [2.75, 3.05) is 18.6 Å². The predicted octanol–water partition coefficient (Wildman–Crippen LogP) is 4.51. The molecule has 8 heteroatoms. The van der Waals surface area contributed by atoms with E-state index in [-0.39, 0.29) is 23.8 Å². The summed E-state index contributed by atoms with van der Waals surface area (Å²) in [6, 6.07) is 5.46. The van der Waals surface area contributed by atoms with Gasteiger partial charge in [-0.3, -0.25) is 9.59 Å². The van der Waals surface area contributed by atoms with Crippen LogP contribution in [0.5, 0.6) is 0 Å². The number of nitrogens with one attached hydrogen (secondary N) is 2. The molecule has 4 atom stereocenters. The summed E-state index contributed by atoms with van der Waals surface area (Å²) in [6.45, 7) is 9.99. The highest BCUT2D eigenvalue weighted by molar-refractivity contribution is 7.98. The summed E-state index contributed by atoms with van der Waals surface area (Å²) in [7, 11) is 0. The molecule has 1 aromatic carbocycles. The minimum absolute atomic E-state index is 0.0936. The second kappa shape index (κ2) is 13.6. The molecule has 7 nitrogen and oxygen atoms in total. The Labute approximate surface area is 220 Å². The summed E-state index contributed by atoms with van der Waals surface area (Å²) in [5.74, 6) is 3.02. The van der Waals surface area contributed by atoms with Crippen LogP contribution >= 0.6 is 11.8 Å². The van der Waals surface area contributed by atoms with Gasteiger partial charge in [0.05, 0.1) is 0 Å². The predicted molar refractivity (Wildman–Crippen MR) is 146 cm³/mol. The largest absolute Gasteiger partial charge is 0.444 e. The summed E-state index contributed by atoms with van der Waals surface area (Å²) < 4.78 is 5.43. The fourth-order valence-corrected chi connectivity index (χ4v) is 4.45. The molecule has 2 rings (SSSR count). The standard InChI is InChI=1S/C28H41N3O4S/c1-8-10-16-29-25(32)24(21-13-11-20(9-2)12-14-21)31(23-18-19(23)3)26(33)22(15-17-36-7)30-27(34)35-28(4,5)6/h2,11-14,19,22-24H,8,10,15-18H2,1,3-7H3,(H,29,32)(H,30,34). The van der Waals surface area contributed by atoms with E-state index in [0.29, 0.717) is 29.8 Å². The molecule has 0 aromatic heterocycles. The van der Waals surface area contributed by atoms with Gasteiger partial charge in [0, 0.05) is 18.2 Å². The van der Waals surface area contributed by atoms with Crippen molar-refractivity contribution < 1.29 is 19.1 Å². The first kappa shape index (κ1) is 29.6. The molecule has 1 fully saturated rings. The average Bonchev–Trinajstić information content (AvgIpc) is 3.54. The van der Waals surface area contributed by atoms with Gasteiger partial charge in [-0.25, -0.2) is 4.79 Å². The molecule has 0 aliphatic heterocycles. The molecular formula is C28H41N3O4S. The lowest BCUT2D eigenvalue weighted by Gasteiger charge is -2.35. The van der Waals surface area contributed by atoms with Crippen molar-refractivity contribution in [2.45, 2.75) is 84.0 Å². The van der Waals surface area contributed by atoms with E-state index in [2.05, 4.69) is 30.4 Å². The van der Waals surface area contributed by atoms with Crippen molar-refractivity contribution in [3.63, 3.8) is 0 Å². The number of unbranched alkanes of at least 4 members (excludes halogenated alkanes) is 1. The minimum Gasteiger partial charge on any atom is -0.444 e. The summed E-state index contributed by atoms with van der Waals surface area (Å²) in [5.41, 5.74) is 0.699. The van der Waals surface area contributed by atoms with Crippen molar-refractivity contribution in [3.05, 3.63) is 35.4 Å². The lowest BCUT2D eigenvalue weighted by molar-refractivity contribution is -0.143. The van der Waals surface area contributed by atoms with Gasteiger partial charge >= 0.3 is 6.09 Å². The van der Waals surface area contributed by atoms with Gasteiger partial charge in [-0.1, -0.05) is 38.3 Å². The van der Waals surface area contributed by atoms with Gasteiger partial charge in [0.1, 0.15) is 17.7 Å². The first-order valence-electron chi connectivity index (χ1n) is 12.7. The highest BCUT2D eigenvalue weighted by Crippen LogP contribution is 2.41. The van der Waals surface area contributed by atoms with Crippen LogP contribution in [0.1, 0.15) is 77.5 Å². The Morgan fingerprint density at radius 3 is 2.39 bits per heavy atom. The highest BCUT2D eigenvalue weighted by atomic mass is 32.2. The Hall–Kier alpha value is -2.66. The summed E-state index contributed by atoms with van der Waals surface area (Å²) in [6.07, 6.45) is 9.85. The number of amides is 3. The zero-order valence-electron chi connectivity index (χ0n) is 22.4. The third kappa shape index (κ3) is 8.77. The van der Waals surface area contributed by atoms with Crippen LogP contribution in [-0.4, -0.2) is 59.0 Å². The molecular weight excluding hydrogens is 474 g/mol. The number of carbonyl (C=O) groups excluding carboxylic acids is 3. The smallest absolute Gasteiger partial charge is 0.408 e. The third-order valence-electron chi connectivity index (χ3n) is 6.03. The number of ether oxygens (including phenoxy) is 1. The second-order valence-corrected chi connectivity index (χ2v) is 11.3. The van der Waals surface area contributed by atoms with Gasteiger partial charge in [-0.05, 0) is 75.7 Å². The van der Waals surface area contributed by atoms with Gasteiger partial charge < -0.3 is 20.3 Å². The van der Waals surface area contributed by atoms with Crippen molar-refractivity contribution in [3.8, 4) is 12.3 Å². The van der Waals surface area contributed by atoms with Crippen LogP contribution in [0, 0.1) is 18.3 Å². The number of hydrogen-bond acceptors (Lipinski definition) is 5. The summed E-state index contributed by atoms with van der Waals surface area (Å²) in [5, 5.41) is 5.79. The average molecular weight is 516 g/mol. The quantitative estimate of drug-likeness (QED) is 0.316. The second-order valence-electron chi connectivity index (χ2n) is 10.3. The van der Waals surface area contributed by atoms with Gasteiger partial charge in [-0.15, -0.1) is 6.42 Å². The van der Waals surface area contributed by atoms with E-state index in [1.165, 1.54) is 0 Å². The topological polar surface area (TPSA) is 87.7 Å². The van der Waals surface area contributed by atoms with E-state index < -0.39 is 23.8 Å². The Kier molecular flexibility index (Phi) is 11.2. The molecule has 198 valence electrons. The van der Waals surface area contributed by atoms with E-state index >= 15 is 0 Å². The third-order valence-corrected chi connectivity index (χ3v) is 6.67. The highest BCUT2D eigenvalue weighted by Gasteiger charge is 2.48. The first-order valence-corrected chi connectivity index (χ1v) is 14.1. The number of nitrogens with zero attached hydrogens (tertiary/aromatic N) is 1. The van der Waals surface area contributed by atoms with Crippen LogP contribution in [0.25, 0.3) is 0 Å². The van der Waals surface area contributed by atoms with Crippen LogP contribution in [0.3, 0.4) is 0 Å². The number of hydrogen-bond donors (Lipinski definition) is 2. The summed E-state index contributed by atoms with van der Waals surface area (Å²) in [4.78, 5) is 41.9. The molecule has 1 aromatic rings. The Balaban J connectivity index is 2.44. The molecule has 36 heavy (non-hydrogen) atoms. The molecule has 3 amide bonds. The molecule has 0 radical (unpaired) electrons. The number of thioether (sulfide) groups is 1. The lowest BCUT2D eigenvalue weighted by Crippen LogP contribution is -2.54. The molecule has 0 spiro atoms. The fourth-order valence-electron chi connectivity index (χ4n) is 3.98. The number of rotatable bonds is 12. The van der Waals surface area contributed by atoms with Gasteiger partial charge in [0.25, 0.3) is 0 Å². The van der Waals surface area contributed by atoms with Crippen molar-refractivity contribution in [2.24, 2.45) is 5.92 Å². The fraction of sp³-hybridized carbons (Fsp3) is 0.607. The maximum absolute atomic E-state index is 14.1. The number of terminal acetylenes is 1. The van der Waals surface area contributed by atoms with E-state index in [0.717, 1.165) is 19.3 Å². The molecule has 0 heterocycles. The number of alkyl carbamates (subject to hydrolysis) is 1. The molecule has 1 saturated carbocycles. The van der Waals surface area contributed by atoms with Crippen LogP contribution in [0.4, 0.5) is 4.79 Å². The van der Waals surface area contributed by atoms with Crippen LogP contribution in [-0.2, 0) is 14.3 Å². The Morgan fingerprint density at radius 2 is 1.89 bits per heavy atom. The summed E-state index contributed by atoms with van der Waals surface area (Å²) >= 11 is 1.59. The zero-order valence-corrected chi connectivity index (χ0v) is 23.2. The van der Waals surface area contributed by atoms with Crippen LogP contribution in [0.2, 0.25) is 0 Å². The van der Waals surface area contributed by atoms with Crippen molar-refractivity contribution in [1.82, 2.24) is 15.5 Å². The van der Waals surface area contributed by atoms with Gasteiger partial charge in [0.15, 0.2) is 0 Å². The van der Waals surface area contributed by atoms with Crippen molar-refractivity contribution >= 4 is 29.7 Å². The molecule has 1 aliphatic carbocycles. The maximum atomic E-state index is 14.1. The Morgan fingerprint density at radius 1 is 1.25 bits per heavy atom. The first-order chi connectivity index (χ1) is 17.0. The van der Waals surface area contributed by atoms with Crippen LogP contribution in [0.15, 0.2) is 24.3 Å². The number of carbonyl (C=O) groups is 3. The van der Waals surface area contributed by atoms with Crippen LogP contribution < -0.4 is 10.6 Å². The van der Waals surface area contributed by atoms with E-state index in [9.17, 15) is 14.4 Å². The molecule has 0 bridgehead atoms. The molecule has 2 N–H and O–H groups in total. The van der Waals surface area contributed by atoms with E-state index in [1.54, 1.807) is 49.6 Å². The number of benzene rings is 1. The van der Waals surface area contributed by atoms with Gasteiger partial charge in [0.2, 0.25) is 11.8 Å². The monoisotopic (exact) mass is 515 g/mol. The SMILES string of the molecule is C#Cc1ccc(C(C(=O)NCCCC)N(C(=O)C(CCSC)NC(=O)OC(C)(C)C)C2CC2C)cc1. The minimum atomic E-state index is -0.826.